The van der Waals surface area contributed by atoms with Crippen LogP contribution in [0.25, 0.3) is 6.08 Å². The van der Waals surface area contributed by atoms with Crippen molar-refractivity contribution in [1.82, 2.24) is 14.8 Å². The van der Waals surface area contributed by atoms with Gasteiger partial charge in [0.25, 0.3) is 0 Å². The molecule has 5 heteroatoms. The molecular weight excluding hydrogens is 290 g/mol. The number of nitrogens with zero attached hydrogens (tertiary/aromatic N) is 3. The van der Waals surface area contributed by atoms with Crippen molar-refractivity contribution < 1.29 is 9.53 Å². The highest BCUT2D eigenvalue weighted by Crippen LogP contribution is 2.19. The van der Waals surface area contributed by atoms with E-state index in [9.17, 15) is 4.79 Å². The minimum Gasteiger partial charge on any atom is -0.376 e. The maximum Gasteiger partial charge on any atom is 0.246 e. The first-order chi connectivity index (χ1) is 11.2. The molecule has 2 saturated heterocycles. The van der Waals surface area contributed by atoms with Crippen LogP contribution in [0.4, 0.5) is 0 Å². The first-order valence-corrected chi connectivity index (χ1v) is 8.45. The van der Waals surface area contributed by atoms with Crippen LogP contribution in [0.1, 0.15) is 25.3 Å². The third kappa shape index (κ3) is 4.39. The average molecular weight is 315 g/mol. The Balaban J connectivity index is 1.48. The fourth-order valence-electron chi connectivity index (χ4n) is 3.38. The summed E-state index contributed by atoms with van der Waals surface area (Å²) in [7, 11) is 0. The molecular formula is C18H25N3O2. The van der Waals surface area contributed by atoms with Gasteiger partial charge < -0.3 is 9.64 Å². The van der Waals surface area contributed by atoms with Crippen LogP contribution in [0.5, 0.6) is 0 Å². The Labute approximate surface area is 137 Å². The van der Waals surface area contributed by atoms with Crippen LogP contribution >= 0.6 is 0 Å². The molecule has 0 aliphatic carbocycles. The molecule has 0 radical (unpaired) electrons. The predicted molar refractivity (Wildman–Crippen MR) is 89.9 cm³/mol. The zero-order valence-corrected chi connectivity index (χ0v) is 13.7. The highest BCUT2D eigenvalue weighted by molar-refractivity contribution is 5.91. The van der Waals surface area contributed by atoms with Crippen molar-refractivity contribution in [2.24, 2.45) is 0 Å². The zero-order chi connectivity index (χ0) is 16.1. The predicted octanol–water partition coefficient (Wildman–Crippen LogP) is 1.81. The van der Waals surface area contributed by atoms with Crippen LogP contribution in [0.3, 0.4) is 0 Å². The molecule has 3 rings (SSSR count). The van der Waals surface area contributed by atoms with E-state index in [2.05, 4.69) is 16.8 Å². The van der Waals surface area contributed by atoms with Gasteiger partial charge in [0.05, 0.1) is 12.7 Å². The molecule has 2 aliphatic heterocycles. The van der Waals surface area contributed by atoms with E-state index in [4.69, 9.17) is 4.74 Å². The quantitative estimate of drug-likeness (QED) is 0.798. The lowest BCUT2D eigenvalue weighted by Crippen LogP contribution is -2.51. The van der Waals surface area contributed by atoms with Gasteiger partial charge in [-0.3, -0.25) is 14.7 Å². The van der Waals surface area contributed by atoms with Gasteiger partial charge in [0, 0.05) is 50.7 Å². The molecule has 1 aromatic heterocycles. The number of likely N-dealkylation sites (tertiary alicyclic amines) is 1. The largest absolute Gasteiger partial charge is 0.376 e. The molecule has 0 saturated carbocycles. The second kappa shape index (κ2) is 7.70. The smallest absolute Gasteiger partial charge is 0.246 e. The molecule has 0 unspecified atom stereocenters. The number of carbonyl (C=O) groups excluding carboxylic acids is 1. The van der Waals surface area contributed by atoms with E-state index in [0.717, 1.165) is 51.2 Å². The maximum atomic E-state index is 12.3. The van der Waals surface area contributed by atoms with Crippen LogP contribution < -0.4 is 0 Å². The van der Waals surface area contributed by atoms with E-state index >= 15 is 0 Å². The van der Waals surface area contributed by atoms with E-state index in [-0.39, 0.29) is 5.91 Å². The second-order valence-electron chi connectivity index (χ2n) is 6.35. The molecule has 1 amide bonds. The monoisotopic (exact) mass is 315 g/mol. The average Bonchev–Trinajstić information content (AvgIpc) is 2.61. The summed E-state index contributed by atoms with van der Waals surface area (Å²) < 4.78 is 5.61. The fourth-order valence-corrected chi connectivity index (χ4v) is 3.38. The van der Waals surface area contributed by atoms with Crippen molar-refractivity contribution in [2.75, 3.05) is 32.8 Å². The Morgan fingerprint density at radius 2 is 2.00 bits per heavy atom. The number of piperidine rings is 1. The van der Waals surface area contributed by atoms with Crippen LogP contribution in [0, 0.1) is 0 Å². The molecule has 1 atom stereocenters. The number of hydrogen-bond donors (Lipinski definition) is 0. The Morgan fingerprint density at radius 3 is 2.70 bits per heavy atom. The van der Waals surface area contributed by atoms with Gasteiger partial charge in [0.1, 0.15) is 0 Å². The summed E-state index contributed by atoms with van der Waals surface area (Å²) in [4.78, 5) is 20.8. The Morgan fingerprint density at radius 1 is 1.26 bits per heavy atom. The molecule has 0 bridgehead atoms. The molecule has 2 fully saturated rings. The van der Waals surface area contributed by atoms with E-state index < -0.39 is 0 Å². The third-order valence-corrected chi connectivity index (χ3v) is 4.69. The number of amides is 1. The van der Waals surface area contributed by atoms with Crippen molar-refractivity contribution in [3.63, 3.8) is 0 Å². The van der Waals surface area contributed by atoms with Crippen LogP contribution in [0.15, 0.2) is 30.6 Å². The van der Waals surface area contributed by atoms with Crippen molar-refractivity contribution >= 4 is 12.0 Å². The number of carbonyl (C=O) groups is 1. The normalized spacial score (nSPS) is 24.2. The maximum absolute atomic E-state index is 12.3. The first kappa shape index (κ1) is 16.1. The van der Waals surface area contributed by atoms with Crippen molar-refractivity contribution in [1.29, 1.82) is 0 Å². The van der Waals surface area contributed by atoms with E-state index in [1.807, 2.05) is 23.1 Å². The Kier molecular flexibility index (Phi) is 5.41. The summed E-state index contributed by atoms with van der Waals surface area (Å²) in [6.45, 7) is 6.68. The van der Waals surface area contributed by atoms with Gasteiger partial charge in [-0.25, -0.2) is 0 Å². The van der Waals surface area contributed by atoms with E-state index in [1.54, 1.807) is 18.5 Å². The standard InChI is InChI=1S/C18H25N3O2/c1-15-14-21(12-13-23-15)17-6-10-20(11-7-17)18(22)3-2-16-4-8-19-9-5-16/h2-5,8-9,15,17H,6-7,10-14H2,1H3/b3-2-/t15-/m1/s1. The van der Waals surface area contributed by atoms with Crippen LogP contribution in [0.2, 0.25) is 0 Å². The second-order valence-corrected chi connectivity index (χ2v) is 6.35. The lowest BCUT2D eigenvalue weighted by molar-refractivity contribution is -0.128. The molecule has 2 aliphatic rings. The summed E-state index contributed by atoms with van der Waals surface area (Å²) in [6.07, 6.45) is 9.44. The SMILES string of the molecule is C[C@@H]1CN(C2CCN(C(=O)/C=C\c3ccncc3)CC2)CCO1. The topological polar surface area (TPSA) is 45.7 Å². The minimum absolute atomic E-state index is 0.107. The minimum atomic E-state index is 0.107. The highest BCUT2D eigenvalue weighted by atomic mass is 16.5. The molecule has 23 heavy (non-hydrogen) atoms. The number of hydrogen-bond acceptors (Lipinski definition) is 4. The zero-order valence-electron chi connectivity index (χ0n) is 13.7. The van der Waals surface area contributed by atoms with Gasteiger partial charge in [-0.1, -0.05) is 0 Å². The lowest BCUT2D eigenvalue weighted by atomic mass is 10.0. The number of morpholine rings is 1. The number of ether oxygens (including phenoxy) is 1. The molecule has 124 valence electrons. The van der Waals surface area contributed by atoms with Crippen molar-refractivity contribution in [2.45, 2.75) is 31.9 Å². The molecule has 3 heterocycles. The van der Waals surface area contributed by atoms with Crippen molar-refractivity contribution in [3.8, 4) is 0 Å². The molecule has 0 spiro atoms. The summed E-state index contributed by atoms with van der Waals surface area (Å²) in [5, 5.41) is 0. The number of aromatic nitrogens is 1. The summed E-state index contributed by atoms with van der Waals surface area (Å²) >= 11 is 0. The Bertz CT molecular complexity index is 538. The van der Waals surface area contributed by atoms with E-state index in [0.29, 0.717) is 12.1 Å². The van der Waals surface area contributed by atoms with Gasteiger partial charge in [-0.15, -0.1) is 0 Å². The summed E-state index contributed by atoms with van der Waals surface area (Å²) in [5.74, 6) is 0.107. The fraction of sp³-hybridized carbons (Fsp3) is 0.556. The molecule has 1 aromatic rings. The van der Waals surface area contributed by atoms with Gasteiger partial charge in [0.15, 0.2) is 0 Å². The van der Waals surface area contributed by atoms with Gasteiger partial charge >= 0.3 is 0 Å². The molecule has 5 nitrogen and oxygen atoms in total. The van der Waals surface area contributed by atoms with Gasteiger partial charge in [-0.05, 0) is 43.5 Å². The first-order valence-electron chi connectivity index (χ1n) is 8.45. The number of pyridine rings is 1. The lowest BCUT2D eigenvalue weighted by Gasteiger charge is -2.41. The highest BCUT2D eigenvalue weighted by Gasteiger charge is 2.28. The summed E-state index contributed by atoms with van der Waals surface area (Å²) in [5.41, 5.74) is 1.01. The summed E-state index contributed by atoms with van der Waals surface area (Å²) in [6, 6.07) is 4.39. The number of rotatable bonds is 3. The van der Waals surface area contributed by atoms with Crippen molar-refractivity contribution in [3.05, 3.63) is 36.2 Å². The van der Waals surface area contributed by atoms with Gasteiger partial charge in [0.2, 0.25) is 5.91 Å². The molecule has 0 N–H and O–H groups in total. The van der Waals surface area contributed by atoms with Crippen LogP contribution in [-0.4, -0.2) is 65.6 Å². The molecule has 0 aromatic carbocycles. The van der Waals surface area contributed by atoms with E-state index in [1.165, 1.54) is 0 Å². The third-order valence-electron chi connectivity index (χ3n) is 4.69. The Hall–Kier alpha value is -1.72. The van der Waals surface area contributed by atoms with Crippen LogP contribution in [-0.2, 0) is 9.53 Å². The van der Waals surface area contributed by atoms with Gasteiger partial charge in [-0.2, -0.15) is 0 Å².